The summed E-state index contributed by atoms with van der Waals surface area (Å²) in [6.45, 7) is 4.37. The standard InChI is InChI=1S/C25H35N5O6/c1-16(31)26-22-15-30(25(34)35)14-21(22)17-7-8-19(20(13-17)23(32)27-36)24(33)29-11-9-28(10-12-29)18-5-3-2-4-6-18/h2-6,17,19-22,36H,7-15H2,1H3,(H,26,31)(H,27,32)(H,34,35)/t17-,19+,20+,21?,22+/m1/s1. The van der Waals surface area contributed by atoms with Crippen LogP contribution in [-0.2, 0) is 14.4 Å². The van der Waals surface area contributed by atoms with Crippen LogP contribution in [0.5, 0.6) is 0 Å². The maximum atomic E-state index is 13.5. The molecule has 3 aliphatic rings. The van der Waals surface area contributed by atoms with Crippen LogP contribution in [0.25, 0.3) is 0 Å². The molecule has 0 aromatic heterocycles. The molecular weight excluding hydrogens is 466 g/mol. The van der Waals surface area contributed by atoms with Gasteiger partial charge in [0.15, 0.2) is 0 Å². The highest BCUT2D eigenvalue weighted by Gasteiger charge is 2.47. The number of nitrogens with zero attached hydrogens (tertiary/aromatic N) is 3. The molecule has 3 fully saturated rings. The second-order valence-electron chi connectivity index (χ2n) is 10.1. The number of carbonyl (C=O) groups excluding carboxylic acids is 3. The number of hydroxylamine groups is 1. The Hall–Kier alpha value is -3.34. The number of rotatable bonds is 5. The van der Waals surface area contributed by atoms with E-state index >= 15 is 0 Å². The molecule has 4 rings (SSSR count). The molecule has 2 heterocycles. The van der Waals surface area contributed by atoms with Gasteiger partial charge in [-0.2, -0.15) is 0 Å². The van der Waals surface area contributed by atoms with Crippen molar-refractivity contribution in [2.24, 2.45) is 23.7 Å². The van der Waals surface area contributed by atoms with Crippen LogP contribution in [-0.4, -0.2) is 89.2 Å². The summed E-state index contributed by atoms with van der Waals surface area (Å²) in [6.07, 6.45) is 0.415. The Kier molecular flexibility index (Phi) is 7.97. The molecule has 0 spiro atoms. The minimum atomic E-state index is -1.05. The van der Waals surface area contributed by atoms with Gasteiger partial charge in [0.2, 0.25) is 17.7 Å². The van der Waals surface area contributed by atoms with Crippen molar-refractivity contribution in [3.63, 3.8) is 0 Å². The molecule has 0 bridgehead atoms. The van der Waals surface area contributed by atoms with E-state index in [-0.39, 0.29) is 42.8 Å². The van der Waals surface area contributed by atoms with Gasteiger partial charge in [-0.25, -0.2) is 10.3 Å². The van der Waals surface area contributed by atoms with E-state index in [1.807, 2.05) is 35.2 Å². The van der Waals surface area contributed by atoms with Crippen LogP contribution >= 0.6 is 0 Å². The third-order valence-corrected chi connectivity index (χ3v) is 8.00. The van der Waals surface area contributed by atoms with Crippen LogP contribution in [0.1, 0.15) is 26.2 Å². The summed E-state index contributed by atoms with van der Waals surface area (Å²) >= 11 is 0. The van der Waals surface area contributed by atoms with Crippen LogP contribution in [0.4, 0.5) is 10.5 Å². The lowest BCUT2D eigenvalue weighted by molar-refractivity contribution is -0.148. The van der Waals surface area contributed by atoms with Crippen molar-refractivity contribution in [1.82, 2.24) is 20.6 Å². The molecule has 1 unspecified atom stereocenters. The molecule has 36 heavy (non-hydrogen) atoms. The second-order valence-corrected chi connectivity index (χ2v) is 10.1. The van der Waals surface area contributed by atoms with Gasteiger partial charge in [0, 0.05) is 63.7 Å². The number of benzene rings is 1. The van der Waals surface area contributed by atoms with Crippen molar-refractivity contribution in [3.05, 3.63) is 30.3 Å². The van der Waals surface area contributed by atoms with Crippen molar-refractivity contribution in [2.45, 2.75) is 32.2 Å². The number of likely N-dealkylation sites (tertiary alicyclic amines) is 1. The summed E-state index contributed by atoms with van der Waals surface area (Å²) in [7, 11) is 0. The van der Waals surface area contributed by atoms with E-state index in [0.29, 0.717) is 45.4 Å². The molecule has 11 nitrogen and oxygen atoms in total. The van der Waals surface area contributed by atoms with Gasteiger partial charge in [0.05, 0.1) is 12.0 Å². The van der Waals surface area contributed by atoms with Crippen molar-refractivity contribution in [3.8, 4) is 0 Å². The second kappa shape index (κ2) is 11.2. The predicted octanol–water partition coefficient (Wildman–Crippen LogP) is 0.988. The average Bonchev–Trinajstić information content (AvgIpc) is 3.31. The highest BCUT2D eigenvalue weighted by atomic mass is 16.5. The lowest BCUT2D eigenvalue weighted by Crippen LogP contribution is -2.53. The molecule has 196 valence electrons. The zero-order valence-corrected chi connectivity index (χ0v) is 20.5. The Morgan fingerprint density at radius 3 is 2.22 bits per heavy atom. The van der Waals surface area contributed by atoms with Crippen LogP contribution in [0.15, 0.2) is 30.3 Å². The van der Waals surface area contributed by atoms with Crippen molar-refractivity contribution in [1.29, 1.82) is 0 Å². The van der Waals surface area contributed by atoms with Gasteiger partial charge >= 0.3 is 6.09 Å². The number of nitrogens with one attached hydrogen (secondary N) is 2. The summed E-state index contributed by atoms with van der Waals surface area (Å²) in [5.41, 5.74) is 2.85. The van der Waals surface area contributed by atoms with Crippen molar-refractivity contribution >= 4 is 29.5 Å². The number of piperazine rings is 1. The van der Waals surface area contributed by atoms with Gasteiger partial charge in [-0.05, 0) is 37.3 Å². The number of amides is 4. The molecular formula is C25H35N5O6. The van der Waals surface area contributed by atoms with Crippen LogP contribution in [0.3, 0.4) is 0 Å². The number of hydrogen-bond donors (Lipinski definition) is 4. The highest BCUT2D eigenvalue weighted by Crippen LogP contribution is 2.42. The molecule has 1 aromatic carbocycles. The Morgan fingerprint density at radius 2 is 1.61 bits per heavy atom. The van der Waals surface area contributed by atoms with Gasteiger partial charge < -0.3 is 25.1 Å². The first kappa shape index (κ1) is 25.7. The van der Waals surface area contributed by atoms with Gasteiger partial charge in [-0.1, -0.05) is 18.2 Å². The number of carboxylic acid groups (broad SMARTS) is 1. The molecule has 1 saturated carbocycles. The summed E-state index contributed by atoms with van der Waals surface area (Å²) in [5, 5.41) is 21.8. The molecule has 0 radical (unpaired) electrons. The third kappa shape index (κ3) is 5.56. The number of hydrogen-bond acceptors (Lipinski definition) is 6. The minimum Gasteiger partial charge on any atom is -0.465 e. The summed E-state index contributed by atoms with van der Waals surface area (Å²) in [5.74, 6) is -2.40. The maximum absolute atomic E-state index is 13.5. The fourth-order valence-electron chi connectivity index (χ4n) is 6.20. The molecule has 5 atom stereocenters. The third-order valence-electron chi connectivity index (χ3n) is 8.00. The predicted molar refractivity (Wildman–Crippen MR) is 130 cm³/mol. The Labute approximate surface area is 210 Å². The molecule has 4 N–H and O–H groups in total. The Balaban J connectivity index is 1.43. The fraction of sp³-hybridized carbons (Fsp3) is 0.600. The number of para-hydroxylation sites is 1. The number of anilines is 1. The molecule has 4 amide bonds. The van der Waals surface area contributed by atoms with Gasteiger partial charge in [-0.15, -0.1) is 0 Å². The van der Waals surface area contributed by atoms with Crippen LogP contribution in [0.2, 0.25) is 0 Å². The smallest absolute Gasteiger partial charge is 0.407 e. The Bertz CT molecular complexity index is 967. The monoisotopic (exact) mass is 501 g/mol. The highest BCUT2D eigenvalue weighted by molar-refractivity contribution is 5.87. The van der Waals surface area contributed by atoms with Gasteiger partial charge in [0.25, 0.3) is 0 Å². The van der Waals surface area contributed by atoms with E-state index in [4.69, 9.17) is 0 Å². The van der Waals surface area contributed by atoms with Crippen molar-refractivity contribution < 1.29 is 29.5 Å². The molecule has 1 aliphatic carbocycles. The van der Waals surface area contributed by atoms with E-state index in [1.54, 1.807) is 5.48 Å². The molecule has 11 heteroatoms. The Morgan fingerprint density at radius 1 is 0.917 bits per heavy atom. The topological polar surface area (TPSA) is 143 Å². The molecule has 2 saturated heterocycles. The first-order valence-electron chi connectivity index (χ1n) is 12.6. The summed E-state index contributed by atoms with van der Waals surface area (Å²) in [4.78, 5) is 54.8. The first-order valence-corrected chi connectivity index (χ1v) is 12.6. The van der Waals surface area contributed by atoms with Gasteiger partial charge in [-0.3, -0.25) is 19.6 Å². The largest absolute Gasteiger partial charge is 0.465 e. The lowest BCUT2D eigenvalue weighted by Gasteiger charge is -2.42. The SMILES string of the molecule is CC(=O)N[C@H]1CN(C(=O)O)CC1[C@@H]1CC[C@H](C(=O)N2CCN(c3ccccc3)CC2)[C@@H](C(=O)NO)C1. The van der Waals surface area contributed by atoms with Crippen molar-refractivity contribution in [2.75, 3.05) is 44.2 Å². The van der Waals surface area contributed by atoms with E-state index in [9.17, 15) is 29.5 Å². The lowest BCUT2D eigenvalue weighted by atomic mass is 9.68. The number of carbonyl (C=O) groups is 4. The van der Waals surface area contributed by atoms with E-state index in [1.165, 1.54) is 11.8 Å². The minimum absolute atomic E-state index is 0.0625. The fourth-order valence-corrected chi connectivity index (χ4v) is 6.20. The van der Waals surface area contributed by atoms with E-state index in [2.05, 4.69) is 10.2 Å². The van der Waals surface area contributed by atoms with Crippen LogP contribution < -0.4 is 15.7 Å². The van der Waals surface area contributed by atoms with Gasteiger partial charge in [0.1, 0.15) is 0 Å². The summed E-state index contributed by atoms with van der Waals surface area (Å²) in [6, 6.07) is 9.68. The molecule has 1 aromatic rings. The maximum Gasteiger partial charge on any atom is 0.407 e. The van der Waals surface area contributed by atoms with E-state index in [0.717, 1.165) is 5.69 Å². The average molecular weight is 502 g/mol. The quantitative estimate of drug-likeness (QED) is 0.348. The zero-order valence-electron chi connectivity index (χ0n) is 20.5. The van der Waals surface area contributed by atoms with Crippen LogP contribution in [0, 0.1) is 23.7 Å². The van der Waals surface area contributed by atoms with E-state index < -0.39 is 23.8 Å². The molecule has 2 aliphatic heterocycles. The first-order chi connectivity index (χ1) is 17.3. The normalized spacial score (nSPS) is 28.5. The zero-order chi connectivity index (χ0) is 25.8. The summed E-state index contributed by atoms with van der Waals surface area (Å²) < 4.78 is 0.